The Morgan fingerprint density at radius 2 is 1.86 bits per heavy atom. The average molecular weight is 517 g/mol. The number of carbonyl (C=O) groups is 1. The maximum absolute atomic E-state index is 14.4. The molecule has 2 fully saturated rings. The zero-order valence-corrected chi connectivity index (χ0v) is 20.8. The van der Waals surface area contributed by atoms with Gasteiger partial charge in [0.2, 0.25) is 0 Å². The van der Waals surface area contributed by atoms with Crippen molar-refractivity contribution in [2.45, 2.75) is 18.9 Å². The van der Waals surface area contributed by atoms with Crippen molar-refractivity contribution in [3.05, 3.63) is 59.9 Å². The highest BCUT2D eigenvalue weighted by Gasteiger charge is 2.40. The van der Waals surface area contributed by atoms with Crippen molar-refractivity contribution in [1.29, 1.82) is 0 Å². The number of fused-ring (bicyclic) bond motifs is 2. The Hall–Kier alpha value is -3.30. The van der Waals surface area contributed by atoms with Crippen molar-refractivity contribution < 1.29 is 23.0 Å². The smallest absolute Gasteiger partial charge is 0.168 e. The summed E-state index contributed by atoms with van der Waals surface area (Å²) in [4.78, 5) is 20.0. The highest BCUT2D eigenvalue weighted by atomic mass is 35.5. The number of nitrogens with one attached hydrogen (secondary N) is 1. The van der Waals surface area contributed by atoms with Gasteiger partial charge in [-0.25, -0.2) is 18.7 Å². The van der Waals surface area contributed by atoms with Gasteiger partial charge in [-0.05, 0) is 56.0 Å². The number of halogens is 3. The van der Waals surface area contributed by atoms with E-state index in [0.29, 0.717) is 46.3 Å². The molecule has 0 spiro atoms. The Morgan fingerprint density at radius 1 is 1.17 bits per heavy atom. The van der Waals surface area contributed by atoms with Gasteiger partial charge in [0.1, 0.15) is 29.3 Å². The van der Waals surface area contributed by atoms with Crippen LogP contribution in [0.2, 0.25) is 5.02 Å². The number of hydrogen-bond acceptors (Lipinski definition) is 7. The standard InChI is InChI=1S/C23H23ClF2N4O2.C3H4O/c1-30-9-12-5-14(6-13(12)10-30)32-20-7-15-18(8-19(20)31-2)27-11-28-23(15)29-17-4-3-16(25)21(24)22(17)26;1-2-3-4/h3-4,7-8,11-14H,5-6,9-10H2,1-2H3,(H,27,28,29);2-3H,1H2. The van der Waals surface area contributed by atoms with Crippen LogP contribution in [0.15, 0.2) is 43.2 Å². The SMILES string of the molecule is C=CC=O.COc1cc2ncnc(Nc3ccc(F)c(Cl)c3F)c2cc1OC1CC2CN(C)CC2C1. The van der Waals surface area contributed by atoms with E-state index in [-0.39, 0.29) is 11.8 Å². The fourth-order valence-electron chi connectivity index (χ4n) is 4.92. The lowest BCUT2D eigenvalue weighted by Crippen LogP contribution is -2.20. The molecular formula is C26H27ClF2N4O3. The molecule has 0 bridgehead atoms. The first-order valence-corrected chi connectivity index (χ1v) is 11.9. The first-order valence-electron chi connectivity index (χ1n) is 11.5. The summed E-state index contributed by atoms with van der Waals surface area (Å²) < 4.78 is 39.9. The summed E-state index contributed by atoms with van der Waals surface area (Å²) in [5.74, 6) is 1.13. The van der Waals surface area contributed by atoms with Crippen LogP contribution in [0.3, 0.4) is 0 Å². The van der Waals surface area contributed by atoms with Crippen LogP contribution in [-0.4, -0.2) is 54.5 Å². The number of likely N-dealkylation sites (tertiary alicyclic amines) is 1. The number of carbonyl (C=O) groups excluding carboxylic acids is 1. The number of anilines is 2. The van der Waals surface area contributed by atoms with E-state index in [0.717, 1.165) is 32.0 Å². The monoisotopic (exact) mass is 516 g/mol. The normalized spacial score (nSPS) is 20.9. The molecule has 0 amide bonds. The van der Waals surface area contributed by atoms with Crippen molar-refractivity contribution in [3.8, 4) is 11.5 Å². The highest BCUT2D eigenvalue weighted by Crippen LogP contribution is 2.42. The Morgan fingerprint density at radius 3 is 2.50 bits per heavy atom. The minimum absolute atomic E-state index is 0.0161. The van der Waals surface area contributed by atoms with Gasteiger partial charge < -0.3 is 19.7 Å². The predicted molar refractivity (Wildman–Crippen MR) is 135 cm³/mol. The molecule has 0 radical (unpaired) electrons. The Balaban J connectivity index is 0.000000709. The molecule has 1 aromatic heterocycles. The van der Waals surface area contributed by atoms with E-state index < -0.39 is 16.7 Å². The second kappa shape index (κ2) is 11.2. The van der Waals surface area contributed by atoms with Gasteiger partial charge in [-0.1, -0.05) is 18.2 Å². The van der Waals surface area contributed by atoms with Crippen molar-refractivity contribution >= 4 is 40.3 Å². The molecule has 7 nitrogen and oxygen atoms in total. The third-order valence-corrected chi connectivity index (χ3v) is 6.84. The number of aldehydes is 1. The molecule has 1 saturated heterocycles. The van der Waals surface area contributed by atoms with Crippen molar-refractivity contribution in [1.82, 2.24) is 14.9 Å². The number of benzene rings is 2. The first-order chi connectivity index (χ1) is 17.3. The summed E-state index contributed by atoms with van der Waals surface area (Å²) in [6.07, 6.45) is 5.32. The molecule has 2 atom stereocenters. The molecular weight excluding hydrogens is 490 g/mol. The quantitative estimate of drug-likeness (QED) is 0.267. The molecule has 2 aliphatic rings. The molecule has 190 valence electrons. The minimum atomic E-state index is -0.883. The van der Waals surface area contributed by atoms with Crippen LogP contribution in [0, 0.1) is 23.5 Å². The van der Waals surface area contributed by atoms with Gasteiger partial charge in [-0.2, -0.15) is 0 Å². The van der Waals surface area contributed by atoms with E-state index in [2.05, 4.69) is 33.8 Å². The van der Waals surface area contributed by atoms with Crippen LogP contribution < -0.4 is 14.8 Å². The fourth-order valence-corrected chi connectivity index (χ4v) is 5.08. The van der Waals surface area contributed by atoms with Crippen molar-refractivity contribution in [2.24, 2.45) is 11.8 Å². The number of allylic oxidation sites excluding steroid dienone is 1. The maximum atomic E-state index is 14.4. The summed E-state index contributed by atoms with van der Waals surface area (Å²) in [7, 11) is 3.74. The number of nitrogens with zero attached hydrogens (tertiary/aromatic N) is 3. The van der Waals surface area contributed by atoms with Gasteiger partial charge in [0.15, 0.2) is 17.3 Å². The molecule has 36 heavy (non-hydrogen) atoms. The second-order valence-corrected chi connectivity index (χ2v) is 9.29. The van der Waals surface area contributed by atoms with E-state index in [4.69, 9.17) is 25.9 Å². The fraction of sp³-hybridized carbons (Fsp3) is 0.346. The third kappa shape index (κ3) is 5.42. The molecule has 10 heteroatoms. The van der Waals surface area contributed by atoms with Crippen LogP contribution >= 0.6 is 11.6 Å². The largest absolute Gasteiger partial charge is 0.493 e. The second-order valence-electron chi connectivity index (χ2n) is 8.91. The molecule has 1 N–H and O–H groups in total. The van der Waals surface area contributed by atoms with Crippen molar-refractivity contribution in [2.75, 3.05) is 32.6 Å². The first kappa shape index (κ1) is 25.8. The van der Waals surface area contributed by atoms with Crippen molar-refractivity contribution in [3.63, 3.8) is 0 Å². The third-order valence-electron chi connectivity index (χ3n) is 6.49. The number of aromatic nitrogens is 2. The van der Waals surface area contributed by atoms with Gasteiger partial charge in [0, 0.05) is 24.5 Å². The zero-order valence-electron chi connectivity index (χ0n) is 20.0. The van der Waals surface area contributed by atoms with E-state index in [1.54, 1.807) is 19.2 Å². The Bertz CT molecular complexity index is 1260. The molecule has 1 saturated carbocycles. The van der Waals surface area contributed by atoms with E-state index >= 15 is 0 Å². The molecule has 2 aromatic carbocycles. The summed E-state index contributed by atoms with van der Waals surface area (Å²) in [6.45, 7) is 5.32. The minimum Gasteiger partial charge on any atom is -0.493 e. The van der Waals surface area contributed by atoms with E-state index in [1.165, 1.54) is 18.5 Å². The van der Waals surface area contributed by atoms with Crippen LogP contribution in [0.5, 0.6) is 11.5 Å². The molecule has 3 aromatic rings. The van der Waals surface area contributed by atoms with Gasteiger partial charge >= 0.3 is 0 Å². The topological polar surface area (TPSA) is 76.6 Å². The molecule has 2 heterocycles. The molecule has 5 rings (SSSR count). The zero-order chi connectivity index (χ0) is 25.8. The Labute approximate surface area is 213 Å². The molecule has 2 unspecified atom stereocenters. The van der Waals surface area contributed by atoms with Gasteiger partial charge in [0.25, 0.3) is 0 Å². The number of ether oxygens (including phenoxy) is 2. The molecule has 1 aliphatic carbocycles. The number of rotatable bonds is 6. The van der Waals surface area contributed by atoms with Crippen LogP contribution in [0.4, 0.5) is 20.3 Å². The molecule has 1 aliphatic heterocycles. The number of hydrogen-bond donors (Lipinski definition) is 1. The average Bonchev–Trinajstić information content (AvgIpc) is 3.40. The highest BCUT2D eigenvalue weighted by molar-refractivity contribution is 6.31. The Kier molecular flexibility index (Phi) is 8.01. The lowest BCUT2D eigenvalue weighted by Gasteiger charge is -2.19. The van der Waals surface area contributed by atoms with Crippen LogP contribution in [0.1, 0.15) is 12.8 Å². The van der Waals surface area contributed by atoms with E-state index in [1.807, 2.05) is 0 Å². The van der Waals surface area contributed by atoms with Gasteiger partial charge in [0.05, 0.1) is 24.4 Å². The lowest BCUT2D eigenvalue weighted by atomic mass is 10.0. The van der Waals surface area contributed by atoms with Crippen LogP contribution in [0.25, 0.3) is 10.9 Å². The summed E-state index contributed by atoms with van der Waals surface area (Å²) >= 11 is 5.71. The van der Waals surface area contributed by atoms with E-state index in [9.17, 15) is 8.78 Å². The van der Waals surface area contributed by atoms with Gasteiger partial charge in [-0.3, -0.25) is 4.79 Å². The maximum Gasteiger partial charge on any atom is 0.168 e. The summed E-state index contributed by atoms with van der Waals surface area (Å²) in [6, 6.07) is 5.96. The van der Waals surface area contributed by atoms with Gasteiger partial charge in [-0.15, -0.1) is 0 Å². The summed E-state index contributed by atoms with van der Waals surface area (Å²) in [5, 5.41) is 2.95. The lowest BCUT2D eigenvalue weighted by molar-refractivity contribution is -0.104. The predicted octanol–water partition coefficient (Wildman–Crippen LogP) is 5.40. The number of methoxy groups -OCH3 is 1. The van der Waals surface area contributed by atoms with Crippen LogP contribution in [-0.2, 0) is 4.79 Å². The summed E-state index contributed by atoms with van der Waals surface area (Å²) in [5.41, 5.74) is 0.618.